The summed E-state index contributed by atoms with van der Waals surface area (Å²) in [5, 5.41) is 2.78. The van der Waals surface area contributed by atoms with Gasteiger partial charge in [-0.1, -0.05) is 44.2 Å². The molecule has 3 N–H and O–H groups in total. The Labute approximate surface area is 143 Å². The molecule has 1 aromatic carbocycles. The maximum atomic E-state index is 12.2. The van der Waals surface area contributed by atoms with E-state index in [2.05, 4.69) is 5.32 Å². The van der Waals surface area contributed by atoms with Crippen molar-refractivity contribution in [2.75, 3.05) is 19.6 Å². The Morgan fingerprint density at radius 2 is 2.04 bits per heavy atom. The van der Waals surface area contributed by atoms with Gasteiger partial charge in [-0.15, -0.1) is 0 Å². The third kappa shape index (κ3) is 5.23. The molecular formula is C18H27N3O3. The van der Waals surface area contributed by atoms with E-state index in [0.29, 0.717) is 19.6 Å². The van der Waals surface area contributed by atoms with Gasteiger partial charge in [0.05, 0.1) is 6.04 Å². The Hall–Kier alpha value is -2.08. The van der Waals surface area contributed by atoms with Crippen LogP contribution < -0.4 is 11.1 Å². The second kappa shape index (κ2) is 8.68. The molecule has 6 nitrogen and oxygen atoms in total. The molecule has 1 aliphatic rings. The summed E-state index contributed by atoms with van der Waals surface area (Å²) in [6.45, 7) is 5.99. The zero-order chi connectivity index (χ0) is 17.5. The van der Waals surface area contributed by atoms with Crippen LogP contribution in [0.3, 0.4) is 0 Å². The van der Waals surface area contributed by atoms with Crippen LogP contribution in [0.1, 0.15) is 25.8 Å². The molecule has 0 aromatic heterocycles. The van der Waals surface area contributed by atoms with Gasteiger partial charge in [0, 0.05) is 19.6 Å². The van der Waals surface area contributed by atoms with E-state index in [-0.39, 0.29) is 24.3 Å². The molecule has 1 heterocycles. The lowest BCUT2D eigenvalue weighted by atomic mass is 10.0. The van der Waals surface area contributed by atoms with Crippen molar-refractivity contribution >= 4 is 12.0 Å². The molecule has 24 heavy (non-hydrogen) atoms. The molecular weight excluding hydrogens is 306 g/mol. The largest absolute Gasteiger partial charge is 0.445 e. The first-order chi connectivity index (χ1) is 11.5. The number of carbonyl (C=O) groups excluding carboxylic acids is 2. The number of nitrogens with two attached hydrogens (primary N) is 1. The topological polar surface area (TPSA) is 84.7 Å². The van der Waals surface area contributed by atoms with E-state index in [4.69, 9.17) is 10.5 Å². The number of alkyl carbamates (subject to hydrolysis) is 1. The molecule has 2 rings (SSSR count). The number of ether oxygens (including phenoxy) is 1. The predicted octanol–water partition coefficient (Wildman–Crippen LogP) is 1.74. The van der Waals surface area contributed by atoms with Gasteiger partial charge in [0.2, 0.25) is 5.91 Å². The number of benzene rings is 1. The molecule has 132 valence electrons. The highest BCUT2D eigenvalue weighted by molar-refractivity contribution is 5.82. The number of hydrogen-bond donors (Lipinski definition) is 2. The molecule has 0 bridgehead atoms. The van der Waals surface area contributed by atoms with Gasteiger partial charge in [-0.3, -0.25) is 4.79 Å². The van der Waals surface area contributed by atoms with Crippen LogP contribution in [0.25, 0.3) is 0 Å². The summed E-state index contributed by atoms with van der Waals surface area (Å²) in [7, 11) is 0. The van der Waals surface area contributed by atoms with E-state index in [1.807, 2.05) is 44.2 Å². The van der Waals surface area contributed by atoms with E-state index >= 15 is 0 Å². The van der Waals surface area contributed by atoms with Gasteiger partial charge in [-0.2, -0.15) is 0 Å². The Morgan fingerprint density at radius 1 is 1.33 bits per heavy atom. The zero-order valence-electron chi connectivity index (χ0n) is 14.4. The van der Waals surface area contributed by atoms with Gasteiger partial charge >= 0.3 is 6.09 Å². The van der Waals surface area contributed by atoms with Crippen LogP contribution in [0, 0.1) is 11.8 Å². The number of carbonyl (C=O) groups is 2. The Morgan fingerprint density at radius 3 is 2.71 bits per heavy atom. The molecule has 1 aromatic rings. The number of rotatable bonds is 6. The standard InChI is InChI=1S/C18H27N3O3/c1-13(2)16(19)17(22)21-9-8-15(11-21)10-20-18(23)24-12-14-6-4-3-5-7-14/h3-7,13,15-16H,8-12,19H2,1-2H3,(H,20,23)/t15?,16-/m0/s1. The molecule has 0 spiro atoms. The third-order valence-corrected chi connectivity index (χ3v) is 4.35. The highest BCUT2D eigenvalue weighted by Crippen LogP contribution is 2.17. The second-order valence-corrected chi connectivity index (χ2v) is 6.65. The van der Waals surface area contributed by atoms with Crippen molar-refractivity contribution in [2.24, 2.45) is 17.6 Å². The molecule has 6 heteroatoms. The fourth-order valence-electron chi connectivity index (χ4n) is 2.70. The number of amides is 2. The van der Waals surface area contributed by atoms with Gasteiger partial charge in [0.15, 0.2) is 0 Å². The molecule has 1 fully saturated rings. The molecule has 2 atom stereocenters. The van der Waals surface area contributed by atoms with Crippen molar-refractivity contribution in [3.63, 3.8) is 0 Å². The summed E-state index contributed by atoms with van der Waals surface area (Å²) in [5.74, 6) is 0.374. The van der Waals surface area contributed by atoms with Gasteiger partial charge < -0.3 is 20.7 Å². The van der Waals surface area contributed by atoms with Crippen molar-refractivity contribution in [2.45, 2.75) is 32.9 Å². The lowest BCUT2D eigenvalue weighted by Gasteiger charge is -2.23. The lowest BCUT2D eigenvalue weighted by Crippen LogP contribution is -2.45. The van der Waals surface area contributed by atoms with Gasteiger partial charge in [0.1, 0.15) is 6.61 Å². The van der Waals surface area contributed by atoms with Crippen molar-refractivity contribution in [1.82, 2.24) is 10.2 Å². The fraction of sp³-hybridized carbons (Fsp3) is 0.556. The number of nitrogens with zero attached hydrogens (tertiary/aromatic N) is 1. The normalized spacial score (nSPS) is 18.5. The van der Waals surface area contributed by atoms with Gasteiger partial charge in [0.25, 0.3) is 0 Å². The summed E-state index contributed by atoms with van der Waals surface area (Å²) in [6, 6.07) is 9.09. The summed E-state index contributed by atoms with van der Waals surface area (Å²) in [6.07, 6.45) is 0.442. The summed E-state index contributed by atoms with van der Waals surface area (Å²) in [5.41, 5.74) is 6.87. The van der Waals surface area contributed by atoms with Gasteiger partial charge in [-0.25, -0.2) is 4.79 Å². The average molecular weight is 333 g/mol. The first kappa shape index (κ1) is 18.3. The van der Waals surface area contributed by atoms with E-state index in [1.165, 1.54) is 0 Å². The van der Waals surface area contributed by atoms with Crippen LogP contribution in [0.15, 0.2) is 30.3 Å². The highest BCUT2D eigenvalue weighted by Gasteiger charge is 2.30. The SMILES string of the molecule is CC(C)[C@H](N)C(=O)N1CCC(CNC(=O)OCc2ccccc2)C1. The molecule has 0 radical (unpaired) electrons. The van der Waals surface area contributed by atoms with Crippen LogP contribution in [0.5, 0.6) is 0 Å². The molecule has 1 unspecified atom stereocenters. The summed E-state index contributed by atoms with van der Waals surface area (Å²) < 4.78 is 5.18. The van der Waals surface area contributed by atoms with Gasteiger partial charge in [-0.05, 0) is 23.8 Å². The van der Waals surface area contributed by atoms with Crippen molar-refractivity contribution in [3.8, 4) is 0 Å². The fourth-order valence-corrected chi connectivity index (χ4v) is 2.70. The minimum atomic E-state index is -0.451. The smallest absolute Gasteiger partial charge is 0.407 e. The number of nitrogens with one attached hydrogen (secondary N) is 1. The van der Waals surface area contributed by atoms with Crippen LogP contribution in [0.2, 0.25) is 0 Å². The highest BCUT2D eigenvalue weighted by atomic mass is 16.5. The first-order valence-corrected chi connectivity index (χ1v) is 8.46. The van der Waals surface area contributed by atoms with Crippen molar-refractivity contribution in [1.29, 1.82) is 0 Å². The maximum Gasteiger partial charge on any atom is 0.407 e. The lowest BCUT2D eigenvalue weighted by molar-refractivity contribution is -0.132. The average Bonchev–Trinajstić information content (AvgIpc) is 3.06. The zero-order valence-corrected chi connectivity index (χ0v) is 14.4. The third-order valence-electron chi connectivity index (χ3n) is 4.35. The number of hydrogen-bond acceptors (Lipinski definition) is 4. The van der Waals surface area contributed by atoms with Crippen molar-refractivity contribution in [3.05, 3.63) is 35.9 Å². The minimum Gasteiger partial charge on any atom is -0.445 e. The predicted molar refractivity (Wildman–Crippen MR) is 92.1 cm³/mol. The molecule has 2 amide bonds. The van der Waals surface area contributed by atoms with Crippen LogP contribution in [-0.4, -0.2) is 42.6 Å². The van der Waals surface area contributed by atoms with E-state index in [9.17, 15) is 9.59 Å². The van der Waals surface area contributed by atoms with E-state index < -0.39 is 12.1 Å². The second-order valence-electron chi connectivity index (χ2n) is 6.65. The summed E-state index contributed by atoms with van der Waals surface area (Å²) >= 11 is 0. The van der Waals surface area contributed by atoms with Crippen LogP contribution in [0.4, 0.5) is 4.79 Å². The van der Waals surface area contributed by atoms with Crippen LogP contribution in [-0.2, 0) is 16.1 Å². The Kier molecular flexibility index (Phi) is 6.61. The molecule has 1 aliphatic heterocycles. The molecule has 1 saturated heterocycles. The minimum absolute atomic E-state index is 0.000783. The van der Waals surface area contributed by atoms with E-state index in [0.717, 1.165) is 12.0 Å². The number of likely N-dealkylation sites (tertiary alicyclic amines) is 1. The van der Waals surface area contributed by atoms with Crippen LogP contribution >= 0.6 is 0 Å². The monoisotopic (exact) mass is 333 g/mol. The molecule has 0 saturated carbocycles. The van der Waals surface area contributed by atoms with Crippen molar-refractivity contribution < 1.29 is 14.3 Å². The van der Waals surface area contributed by atoms with E-state index in [1.54, 1.807) is 4.90 Å². The first-order valence-electron chi connectivity index (χ1n) is 8.46. The molecule has 0 aliphatic carbocycles. The Bertz CT molecular complexity index is 548. The summed E-state index contributed by atoms with van der Waals surface area (Å²) in [4.78, 5) is 25.8. The maximum absolute atomic E-state index is 12.2. The quantitative estimate of drug-likeness (QED) is 0.830. The Balaban J connectivity index is 1.68.